The quantitative estimate of drug-likeness (QED) is 0.800. The van der Waals surface area contributed by atoms with Gasteiger partial charge in [-0.1, -0.05) is 0 Å². The molecule has 2 heterocycles. The molecule has 0 spiro atoms. The van der Waals surface area contributed by atoms with Crippen LogP contribution in [0.3, 0.4) is 0 Å². The van der Waals surface area contributed by atoms with Crippen molar-refractivity contribution in [2.45, 2.75) is 45.6 Å². The molecule has 0 aromatic carbocycles. The third-order valence-electron chi connectivity index (χ3n) is 4.60. The van der Waals surface area contributed by atoms with Crippen molar-refractivity contribution in [2.75, 3.05) is 26.2 Å². The first-order valence-electron chi connectivity index (χ1n) is 7.78. The fraction of sp³-hybridized carbons (Fsp3) is 0.800. The summed E-state index contributed by atoms with van der Waals surface area (Å²) in [6.07, 6.45) is 3.16. The Kier molecular flexibility index (Phi) is 5.20. The average molecular weight is 295 g/mol. The molecule has 0 unspecified atom stereocenters. The molecule has 0 saturated carbocycles. The minimum Gasteiger partial charge on any atom is -0.353 e. The number of hydrogen-bond donors (Lipinski definition) is 1. The molecule has 0 radical (unpaired) electrons. The highest BCUT2D eigenvalue weighted by Crippen LogP contribution is 2.19. The van der Waals surface area contributed by atoms with Gasteiger partial charge in [-0.2, -0.15) is 0 Å². The zero-order chi connectivity index (χ0) is 15.4. The lowest BCUT2D eigenvalue weighted by Crippen LogP contribution is -2.49. The number of likely N-dealkylation sites (tertiary alicyclic amines) is 2. The second-order valence-corrected chi connectivity index (χ2v) is 6.07. The third kappa shape index (κ3) is 4.19. The van der Waals surface area contributed by atoms with Gasteiger partial charge in [0, 0.05) is 52.0 Å². The third-order valence-corrected chi connectivity index (χ3v) is 4.60. The predicted molar refractivity (Wildman–Crippen MR) is 78.4 cm³/mol. The first kappa shape index (κ1) is 15.8. The Labute approximate surface area is 125 Å². The van der Waals surface area contributed by atoms with Gasteiger partial charge >= 0.3 is 0 Å². The number of piperidine rings is 2. The molecule has 2 rings (SSSR count). The monoisotopic (exact) mass is 295 g/mol. The summed E-state index contributed by atoms with van der Waals surface area (Å²) < 4.78 is 0. The second kappa shape index (κ2) is 6.91. The van der Waals surface area contributed by atoms with E-state index in [9.17, 15) is 14.4 Å². The van der Waals surface area contributed by atoms with E-state index >= 15 is 0 Å². The van der Waals surface area contributed by atoms with Crippen LogP contribution in [0.15, 0.2) is 0 Å². The Morgan fingerprint density at radius 1 is 0.810 bits per heavy atom. The molecule has 6 heteroatoms. The Hall–Kier alpha value is -1.59. The number of hydrogen-bond acceptors (Lipinski definition) is 3. The van der Waals surface area contributed by atoms with Crippen molar-refractivity contribution in [2.24, 2.45) is 5.92 Å². The van der Waals surface area contributed by atoms with Gasteiger partial charge in [-0.15, -0.1) is 0 Å². The summed E-state index contributed by atoms with van der Waals surface area (Å²) in [7, 11) is 0. The van der Waals surface area contributed by atoms with E-state index in [1.807, 2.05) is 4.90 Å². The molecule has 0 aromatic rings. The van der Waals surface area contributed by atoms with Crippen LogP contribution in [0.2, 0.25) is 0 Å². The van der Waals surface area contributed by atoms with Crippen LogP contribution in [-0.4, -0.2) is 59.7 Å². The van der Waals surface area contributed by atoms with Crippen molar-refractivity contribution in [3.8, 4) is 0 Å². The van der Waals surface area contributed by atoms with Crippen molar-refractivity contribution in [3.63, 3.8) is 0 Å². The van der Waals surface area contributed by atoms with Crippen molar-refractivity contribution in [1.29, 1.82) is 0 Å². The van der Waals surface area contributed by atoms with Crippen LogP contribution in [0.1, 0.15) is 39.5 Å². The van der Waals surface area contributed by atoms with Gasteiger partial charge in [0.2, 0.25) is 17.7 Å². The van der Waals surface area contributed by atoms with E-state index in [0.29, 0.717) is 13.1 Å². The average Bonchev–Trinajstić information content (AvgIpc) is 2.47. The van der Waals surface area contributed by atoms with Crippen molar-refractivity contribution < 1.29 is 14.4 Å². The fourth-order valence-electron chi connectivity index (χ4n) is 3.11. The van der Waals surface area contributed by atoms with Crippen molar-refractivity contribution in [3.05, 3.63) is 0 Å². The van der Waals surface area contributed by atoms with Gasteiger partial charge in [-0.05, 0) is 25.7 Å². The molecule has 0 bridgehead atoms. The maximum atomic E-state index is 12.3. The maximum Gasteiger partial charge on any atom is 0.223 e. The standard InChI is InChI=1S/C15H25N3O3/c1-11(19)17-7-3-13(4-8-17)15(21)16-14-5-9-18(10-6-14)12(2)20/h13-14H,3-10H2,1-2H3,(H,16,21). The van der Waals surface area contributed by atoms with Crippen LogP contribution in [0.25, 0.3) is 0 Å². The number of carbonyl (C=O) groups is 3. The first-order valence-corrected chi connectivity index (χ1v) is 7.78. The van der Waals surface area contributed by atoms with Crippen LogP contribution in [0.4, 0.5) is 0 Å². The van der Waals surface area contributed by atoms with Crippen molar-refractivity contribution >= 4 is 17.7 Å². The lowest BCUT2D eigenvalue weighted by molar-refractivity contribution is -0.134. The topological polar surface area (TPSA) is 69.7 Å². The highest BCUT2D eigenvalue weighted by molar-refractivity contribution is 5.80. The van der Waals surface area contributed by atoms with Crippen LogP contribution in [0.5, 0.6) is 0 Å². The molecular formula is C15H25N3O3. The minimum atomic E-state index is 0.0198. The lowest BCUT2D eigenvalue weighted by atomic mass is 9.94. The predicted octanol–water partition coefficient (Wildman–Crippen LogP) is 0.372. The number of nitrogens with one attached hydrogen (secondary N) is 1. The Balaban J connectivity index is 1.73. The smallest absolute Gasteiger partial charge is 0.223 e. The highest BCUT2D eigenvalue weighted by Gasteiger charge is 2.28. The molecule has 0 atom stereocenters. The van der Waals surface area contributed by atoms with Crippen LogP contribution < -0.4 is 5.32 Å². The van der Waals surface area contributed by atoms with Gasteiger partial charge in [0.25, 0.3) is 0 Å². The second-order valence-electron chi connectivity index (χ2n) is 6.07. The van der Waals surface area contributed by atoms with Gasteiger partial charge in [-0.25, -0.2) is 0 Å². The summed E-state index contributed by atoms with van der Waals surface area (Å²) in [5.41, 5.74) is 0. The summed E-state index contributed by atoms with van der Waals surface area (Å²) in [5, 5.41) is 3.11. The Morgan fingerprint density at radius 3 is 1.67 bits per heavy atom. The first-order chi connectivity index (χ1) is 9.97. The largest absolute Gasteiger partial charge is 0.353 e. The number of carbonyl (C=O) groups excluding carboxylic acids is 3. The molecule has 2 aliphatic heterocycles. The summed E-state index contributed by atoms with van der Waals surface area (Å²) >= 11 is 0. The van der Waals surface area contributed by atoms with Gasteiger partial charge in [0.05, 0.1) is 0 Å². The van der Waals surface area contributed by atoms with Crippen LogP contribution in [-0.2, 0) is 14.4 Å². The number of amides is 3. The number of nitrogens with zero attached hydrogens (tertiary/aromatic N) is 2. The van der Waals surface area contributed by atoms with Crippen LogP contribution in [0, 0.1) is 5.92 Å². The van der Waals surface area contributed by atoms with Gasteiger partial charge in [0.15, 0.2) is 0 Å². The van der Waals surface area contributed by atoms with Gasteiger partial charge in [-0.3, -0.25) is 14.4 Å². The maximum absolute atomic E-state index is 12.3. The van der Waals surface area contributed by atoms with Gasteiger partial charge in [0.1, 0.15) is 0 Å². The van der Waals surface area contributed by atoms with E-state index in [0.717, 1.165) is 38.8 Å². The summed E-state index contributed by atoms with van der Waals surface area (Å²) in [4.78, 5) is 38.4. The van der Waals surface area contributed by atoms with Gasteiger partial charge < -0.3 is 15.1 Å². The number of rotatable bonds is 2. The molecule has 2 fully saturated rings. The lowest BCUT2D eigenvalue weighted by Gasteiger charge is -2.34. The zero-order valence-corrected chi connectivity index (χ0v) is 12.9. The van der Waals surface area contributed by atoms with Crippen molar-refractivity contribution in [1.82, 2.24) is 15.1 Å². The summed E-state index contributed by atoms with van der Waals surface area (Å²) in [5.74, 6) is 0.327. The zero-order valence-electron chi connectivity index (χ0n) is 12.9. The van der Waals surface area contributed by atoms with E-state index < -0.39 is 0 Å². The van der Waals surface area contributed by atoms with E-state index in [1.54, 1.807) is 18.7 Å². The van der Waals surface area contributed by atoms with E-state index in [4.69, 9.17) is 0 Å². The molecule has 2 aliphatic rings. The van der Waals surface area contributed by atoms with E-state index in [2.05, 4.69) is 5.32 Å². The summed E-state index contributed by atoms with van der Waals surface area (Å²) in [6, 6.07) is 0.180. The molecular weight excluding hydrogens is 270 g/mol. The van der Waals surface area contributed by atoms with Crippen LogP contribution >= 0.6 is 0 Å². The normalized spacial score (nSPS) is 21.2. The Morgan fingerprint density at radius 2 is 1.24 bits per heavy atom. The molecule has 1 N–H and O–H groups in total. The fourth-order valence-corrected chi connectivity index (χ4v) is 3.11. The molecule has 2 saturated heterocycles. The van der Waals surface area contributed by atoms with E-state index in [1.165, 1.54) is 0 Å². The SMILES string of the molecule is CC(=O)N1CCC(NC(=O)C2CCN(C(C)=O)CC2)CC1. The summed E-state index contributed by atoms with van der Waals surface area (Å²) in [6.45, 7) is 5.96. The molecule has 0 aliphatic carbocycles. The molecule has 21 heavy (non-hydrogen) atoms. The molecule has 3 amide bonds. The minimum absolute atomic E-state index is 0.0198. The molecule has 0 aromatic heterocycles. The highest BCUT2D eigenvalue weighted by atomic mass is 16.2. The molecule has 118 valence electrons. The van der Waals surface area contributed by atoms with E-state index in [-0.39, 0.29) is 29.7 Å². The Bertz CT molecular complexity index is 408. The molecule has 6 nitrogen and oxygen atoms in total.